The van der Waals surface area contributed by atoms with Crippen LogP contribution in [0.2, 0.25) is 0 Å². The van der Waals surface area contributed by atoms with Crippen molar-refractivity contribution in [2.75, 3.05) is 42.9 Å². The van der Waals surface area contributed by atoms with Crippen LogP contribution in [0.3, 0.4) is 0 Å². The fraction of sp³-hybridized carbons (Fsp3) is 0.400. The van der Waals surface area contributed by atoms with E-state index in [4.69, 9.17) is 0 Å². The third kappa shape index (κ3) is 5.32. The first-order chi connectivity index (χ1) is 16.5. The van der Waals surface area contributed by atoms with Gasteiger partial charge in [-0.2, -0.15) is 13.2 Å². The average Bonchev–Trinajstić information content (AvgIpc) is 2.83. The van der Waals surface area contributed by atoms with Crippen molar-refractivity contribution >= 4 is 29.1 Å². The molecule has 2 heterocycles. The number of halogens is 3. The summed E-state index contributed by atoms with van der Waals surface area (Å²) in [5.41, 5.74) is 1.35. The normalized spacial score (nSPS) is 17.6. The number of piperazine rings is 1. The van der Waals surface area contributed by atoms with Crippen molar-refractivity contribution in [3.63, 3.8) is 0 Å². The number of carbonyl (C=O) groups is 3. The molecule has 1 saturated heterocycles. The molecule has 2 aliphatic heterocycles. The lowest BCUT2D eigenvalue weighted by molar-refractivity contribution is -0.137. The van der Waals surface area contributed by atoms with Gasteiger partial charge in [-0.15, -0.1) is 0 Å². The molecule has 4 rings (SSSR count). The van der Waals surface area contributed by atoms with Crippen molar-refractivity contribution in [2.24, 2.45) is 0 Å². The van der Waals surface area contributed by atoms with Gasteiger partial charge >= 0.3 is 6.18 Å². The predicted molar refractivity (Wildman–Crippen MR) is 125 cm³/mol. The van der Waals surface area contributed by atoms with E-state index in [0.717, 1.165) is 23.3 Å². The van der Waals surface area contributed by atoms with E-state index in [0.29, 0.717) is 32.6 Å². The number of amides is 3. The number of aryl methyl sites for hydroxylation is 1. The molecule has 1 unspecified atom stereocenters. The van der Waals surface area contributed by atoms with E-state index in [2.05, 4.69) is 5.32 Å². The summed E-state index contributed by atoms with van der Waals surface area (Å²) in [6.07, 6.45) is -4.24. The monoisotopic (exact) mass is 488 g/mol. The van der Waals surface area contributed by atoms with Gasteiger partial charge in [0.1, 0.15) is 6.54 Å². The van der Waals surface area contributed by atoms with Crippen LogP contribution in [0.4, 0.5) is 24.5 Å². The molecule has 0 radical (unpaired) electrons. The summed E-state index contributed by atoms with van der Waals surface area (Å²) in [5.74, 6) is -0.899. The topological polar surface area (TPSA) is 73.0 Å². The number of carbonyl (C=O) groups excluding carboxylic acids is 3. The summed E-state index contributed by atoms with van der Waals surface area (Å²) in [6.45, 7) is 5.30. The number of nitrogens with zero attached hydrogens (tertiary/aromatic N) is 3. The van der Waals surface area contributed by atoms with Gasteiger partial charge in [-0.3, -0.25) is 24.2 Å². The Bertz CT molecular complexity index is 1140. The number of fused-ring (bicyclic) bond motifs is 1. The van der Waals surface area contributed by atoms with Crippen LogP contribution in [0, 0.1) is 6.92 Å². The van der Waals surface area contributed by atoms with Gasteiger partial charge in [0.25, 0.3) is 0 Å². The van der Waals surface area contributed by atoms with Gasteiger partial charge in [-0.25, -0.2) is 0 Å². The van der Waals surface area contributed by atoms with E-state index >= 15 is 0 Å². The number of rotatable bonds is 4. The third-order valence-corrected chi connectivity index (χ3v) is 6.63. The number of hydrogen-bond donors (Lipinski definition) is 1. The predicted octanol–water partition coefficient (Wildman–Crippen LogP) is 3.07. The lowest BCUT2D eigenvalue weighted by atomic mass is 10.0. The Labute approximate surface area is 201 Å². The van der Waals surface area contributed by atoms with Crippen molar-refractivity contribution in [1.29, 1.82) is 0 Å². The minimum absolute atomic E-state index is 0.0278. The van der Waals surface area contributed by atoms with Crippen molar-refractivity contribution in [3.05, 3.63) is 59.2 Å². The van der Waals surface area contributed by atoms with Crippen LogP contribution in [-0.4, -0.2) is 66.3 Å². The van der Waals surface area contributed by atoms with Crippen LogP contribution < -0.4 is 10.2 Å². The number of benzene rings is 2. The Hall–Kier alpha value is -3.40. The van der Waals surface area contributed by atoms with E-state index in [1.54, 1.807) is 11.8 Å². The molecule has 0 spiro atoms. The zero-order chi connectivity index (χ0) is 25.3. The molecule has 1 fully saturated rings. The fourth-order valence-corrected chi connectivity index (χ4v) is 4.49. The SMILES string of the molecule is Cc1ccccc1CC(=O)N1CCN(C(C)C(=O)N2CC(=O)Nc3cc(C(F)(F)F)ccc32)CC1. The average molecular weight is 489 g/mol. The Kier molecular flexibility index (Phi) is 6.84. The zero-order valence-corrected chi connectivity index (χ0v) is 19.6. The smallest absolute Gasteiger partial charge is 0.340 e. The first-order valence-corrected chi connectivity index (χ1v) is 11.4. The molecule has 0 aliphatic carbocycles. The summed E-state index contributed by atoms with van der Waals surface area (Å²) >= 11 is 0. The number of hydrogen-bond acceptors (Lipinski definition) is 4. The molecule has 0 aromatic heterocycles. The maximum Gasteiger partial charge on any atom is 0.416 e. The second-order valence-electron chi connectivity index (χ2n) is 8.90. The number of nitrogens with one attached hydrogen (secondary N) is 1. The Balaban J connectivity index is 1.40. The molecule has 3 amide bonds. The highest BCUT2D eigenvalue weighted by Gasteiger charge is 2.36. The lowest BCUT2D eigenvalue weighted by Crippen LogP contribution is -2.57. The summed E-state index contributed by atoms with van der Waals surface area (Å²) in [7, 11) is 0. The third-order valence-electron chi connectivity index (χ3n) is 6.63. The maximum atomic E-state index is 13.3. The second-order valence-corrected chi connectivity index (χ2v) is 8.90. The summed E-state index contributed by atoms with van der Waals surface area (Å²) in [4.78, 5) is 43.1. The molecular formula is C25H27F3N4O3. The summed E-state index contributed by atoms with van der Waals surface area (Å²) < 4.78 is 39.3. The number of anilines is 2. The highest BCUT2D eigenvalue weighted by atomic mass is 19.4. The van der Waals surface area contributed by atoms with Gasteiger partial charge in [0.15, 0.2) is 0 Å². The molecule has 0 bridgehead atoms. The molecule has 0 saturated carbocycles. The van der Waals surface area contributed by atoms with Crippen LogP contribution in [0.1, 0.15) is 23.6 Å². The van der Waals surface area contributed by atoms with Crippen molar-refractivity contribution in [3.8, 4) is 0 Å². The highest BCUT2D eigenvalue weighted by molar-refractivity contribution is 6.11. The van der Waals surface area contributed by atoms with E-state index in [9.17, 15) is 27.6 Å². The van der Waals surface area contributed by atoms with Crippen LogP contribution in [-0.2, 0) is 27.0 Å². The molecule has 1 atom stereocenters. The van der Waals surface area contributed by atoms with Gasteiger partial charge < -0.3 is 10.2 Å². The standard InChI is InChI=1S/C25H27F3N4O3/c1-16-5-3-4-6-18(16)13-23(34)31-11-9-30(10-12-31)17(2)24(35)32-15-22(33)29-20-14-19(25(26,27)28)7-8-21(20)32/h3-8,14,17H,9-13,15H2,1-2H3,(H,29,33). The van der Waals surface area contributed by atoms with Crippen molar-refractivity contribution in [2.45, 2.75) is 32.5 Å². The molecular weight excluding hydrogens is 461 g/mol. The second kappa shape index (κ2) is 9.69. The molecule has 10 heteroatoms. The minimum atomic E-state index is -4.56. The highest BCUT2D eigenvalue weighted by Crippen LogP contribution is 2.37. The van der Waals surface area contributed by atoms with E-state index in [1.807, 2.05) is 36.1 Å². The molecule has 2 aromatic carbocycles. The summed E-state index contributed by atoms with van der Waals surface area (Å²) in [6, 6.07) is 10.1. The van der Waals surface area contributed by atoms with Crippen LogP contribution in [0.25, 0.3) is 0 Å². The van der Waals surface area contributed by atoms with Crippen LogP contribution in [0.15, 0.2) is 42.5 Å². The fourth-order valence-electron chi connectivity index (χ4n) is 4.49. The van der Waals surface area contributed by atoms with E-state index < -0.39 is 23.7 Å². The van der Waals surface area contributed by atoms with Gasteiger partial charge in [0, 0.05) is 26.2 Å². The Morgan fingerprint density at radius 3 is 2.40 bits per heavy atom. The van der Waals surface area contributed by atoms with Gasteiger partial charge in [0.05, 0.1) is 29.4 Å². The van der Waals surface area contributed by atoms with Crippen LogP contribution in [0.5, 0.6) is 0 Å². The first kappa shape index (κ1) is 24.7. The van der Waals surface area contributed by atoms with E-state index in [1.165, 1.54) is 11.0 Å². The van der Waals surface area contributed by atoms with E-state index in [-0.39, 0.29) is 29.7 Å². The molecule has 2 aromatic rings. The largest absolute Gasteiger partial charge is 0.416 e. The molecule has 35 heavy (non-hydrogen) atoms. The van der Waals surface area contributed by atoms with Gasteiger partial charge in [-0.1, -0.05) is 24.3 Å². The van der Waals surface area contributed by atoms with Crippen molar-refractivity contribution < 1.29 is 27.6 Å². The maximum absolute atomic E-state index is 13.3. The lowest BCUT2D eigenvalue weighted by Gasteiger charge is -2.40. The molecule has 1 N–H and O–H groups in total. The van der Waals surface area contributed by atoms with Gasteiger partial charge in [0.2, 0.25) is 17.7 Å². The summed E-state index contributed by atoms with van der Waals surface area (Å²) in [5, 5.41) is 2.43. The molecule has 7 nitrogen and oxygen atoms in total. The number of alkyl halides is 3. The molecule has 2 aliphatic rings. The molecule has 186 valence electrons. The Morgan fingerprint density at radius 2 is 1.74 bits per heavy atom. The Morgan fingerprint density at radius 1 is 1.06 bits per heavy atom. The zero-order valence-electron chi connectivity index (χ0n) is 19.6. The minimum Gasteiger partial charge on any atom is -0.340 e. The van der Waals surface area contributed by atoms with Crippen molar-refractivity contribution in [1.82, 2.24) is 9.80 Å². The van der Waals surface area contributed by atoms with Crippen LogP contribution >= 0.6 is 0 Å². The van der Waals surface area contributed by atoms with Gasteiger partial charge in [-0.05, 0) is 43.2 Å². The first-order valence-electron chi connectivity index (χ1n) is 11.4. The quantitative estimate of drug-likeness (QED) is 0.718.